The highest BCUT2D eigenvalue weighted by Crippen LogP contribution is 2.33. The Bertz CT molecular complexity index is 384. The summed E-state index contributed by atoms with van der Waals surface area (Å²) in [4.78, 5) is 11.5. The van der Waals surface area contributed by atoms with Crippen LogP contribution in [-0.2, 0) is 18.7 Å². The largest absolute Gasteiger partial charge is 0.462 e. The predicted octanol–water partition coefficient (Wildman–Crippen LogP) is 4.21. The number of rotatable bonds is 9. The van der Waals surface area contributed by atoms with Crippen molar-refractivity contribution in [3.8, 4) is 0 Å². The van der Waals surface area contributed by atoms with Gasteiger partial charge in [0.25, 0.3) is 0 Å². The van der Waals surface area contributed by atoms with Crippen LogP contribution in [0.5, 0.6) is 0 Å². The van der Waals surface area contributed by atoms with Crippen molar-refractivity contribution in [1.82, 2.24) is 0 Å². The van der Waals surface area contributed by atoms with Gasteiger partial charge in [-0.3, -0.25) is 4.79 Å². The zero-order chi connectivity index (χ0) is 16.9. The van der Waals surface area contributed by atoms with Crippen molar-refractivity contribution in [2.24, 2.45) is 0 Å². The molecule has 0 unspecified atom stereocenters. The van der Waals surface area contributed by atoms with E-state index in [0.29, 0.717) is 6.42 Å². The normalized spacial score (nSPS) is 29.0. The summed E-state index contributed by atoms with van der Waals surface area (Å²) in [6.45, 7) is 10.7. The topological polar surface area (TPSA) is 44.8 Å². The number of fused-ring (bicyclic) bond motifs is 2. The van der Waals surface area contributed by atoms with Crippen molar-refractivity contribution in [2.75, 3.05) is 0 Å². The van der Waals surface area contributed by atoms with E-state index in [1.54, 1.807) is 0 Å². The van der Waals surface area contributed by atoms with Gasteiger partial charge in [-0.15, -0.1) is 6.58 Å². The zero-order valence-corrected chi connectivity index (χ0v) is 15.9. The standard InChI is InChI=1S/C18H32O4Si/c1-5-9-14(22-23(6-2,7-3)8-4)10-15-11-16-12-17(20-15)13-18(19)21-16/h5,14-17H,1,6-13H2,2-4H3/t14-,15-,16-,17+/m0/s1. The Morgan fingerprint density at radius 3 is 2.52 bits per heavy atom. The lowest BCUT2D eigenvalue weighted by Crippen LogP contribution is -2.46. The molecule has 0 spiro atoms. The molecule has 0 aromatic rings. The molecule has 2 saturated heterocycles. The molecule has 23 heavy (non-hydrogen) atoms. The van der Waals surface area contributed by atoms with E-state index in [2.05, 4.69) is 27.4 Å². The van der Waals surface area contributed by atoms with Gasteiger partial charge in [0.15, 0.2) is 8.32 Å². The van der Waals surface area contributed by atoms with Gasteiger partial charge in [0.05, 0.1) is 24.7 Å². The van der Waals surface area contributed by atoms with Crippen LogP contribution in [0.4, 0.5) is 0 Å². The maximum absolute atomic E-state index is 11.5. The molecule has 4 nitrogen and oxygen atoms in total. The first-order valence-corrected chi connectivity index (χ1v) is 11.7. The Morgan fingerprint density at radius 2 is 1.96 bits per heavy atom. The molecule has 0 aromatic carbocycles. The smallest absolute Gasteiger partial charge is 0.308 e. The van der Waals surface area contributed by atoms with Gasteiger partial charge in [0.2, 0.25) is 0 Å². The van der Waals surface area contributed by atoms with E-state index in [-0.39, 0.29) is 30.4 Å². The van der Waals surface area contributed by atoms with Crippen LogP contribution in [0.25, 0.3) is 0 Å². The third-order valence-corrected chi connectivity index (χ3v) is 10.1. The molecule has 2 rings (SSSR count). The summed E-state index contributed by atoms with van der Waals surface area (Å²) in [6.07, 6.45) is 6.14. The molecule has 0 saturated carbocycles. The Balaban J connectivity index is 1.96. The SMILES string of the molecule is C=CC[C@@H](C[C@H]1C[C@H]2C[C@H](CC(=O)O2)O1)O[Si](CC)(CC)CC. The van der Waals surface area contributed by atoms with Crippen molar-refractivity contribution in [3.63, 3.8) is 0 Å². The van der Waals surface area contributed by atoms with Gasteiger partial charge in [-0.1, -0.05) is 26.8 Å². The number of hydrogen-bond donors (Lipinski definition) is 0. The molecule has 0 aliphatic carbocycles. The van der Waals surface area contributed by atoms with Gasteiger partial charge in [0, 0.05) is 12.8 Å². The molecule has 132 valence electrons. The molecule has 2 fully saturated rings. The zero-order valence-electron chi connectivity index (χ0n) is 14.9. The summed E-state index contributed by atoms with van der Waals surface area (Å²) >= 11 is 0. The minimum absolute atomic E-state index is 0.0370. The quantitative estimate of drug-likeness (QED) is 0.358. The summed E-state index contributed by atoms with van der Waals surface area (Å²) < 4.78 is 18.2. The first kappa shape index (κ1) is 18.7. The van der Waals surface area contributed by atoms with Crippen molar-refractivity contribution < 1.29 is 18.7 Å². The molecule has 4 atom stereocenters. The van der Waals surface area contributed by atoms with Crippen molar-refractivity contribution in [1.29, 1.82) is 0 Å². The summed E-state index contributed by atoms with van der Waals surface area (Å²) in [5, 5.41) is 0. The third-order valence-electron chi connectivity index (χ3n) is 5.43. The monoisotopic (exact) mass is 340 g/mol. The summed E-state index contributed by atoms with van der Waals surface area (Å²) in [7, 11) is -1.63. The van der Waals surface area contributed by atoms with Crippen LogP contribution in [0.1, 0.15) is 52.9 Å². The lowest BCUT2D eigenvalue weighted by atomic mass is 9.93. The minimum Gasteiger partial charge on any atom is -0.462 e. The van der Waals surface area contributed by atoms with Crippen LogP contribution < -0.4 is 0 Å². The molecular formula is C18H32O4Si. The molecule has 2 heterocycles. The maximum atomic E-state index is 11.5. The van der Waals surface area contributed by atoms with Crippen LogP contribution in [0.3, 0.4) is 0 Å². The molecule has 0 N–H and O–H groups in total. The van der Waals surface area contributed by atoms with Gasteiger partial charge in [-0.25, -0.2) is 0 Å². The average Bonchev–Trinajstić information content (AvgIpc) is 2.51. The second kappa shape index (κ2) is 8.45. The van der Waals surface area contributed by atoms with E-state index in [1.165, 1.54) is 0 Å². The van der Waals surface area contributed by atoms with Crippen LogP contribution >= 0.6 is 0 Å². The van der Waals surface area contributed by atoms with Crippen LogP contribution in [0.15, 0.2) is 12.7 Å². The van der Waals surface area contributed by atoms with E-state index >= 15 is 0 Å². The molecule has 2 aliphatic heterocycles. The fraction of sp³-hybridized carbons (Fsp3) is 0.833. The van der Waals surface area contributed by atoms with Gasteiger partial charge in [-0.05, 0) is 31.0 Å². The number of esters is 1. The first-order valence-electron chi connectivity index (χ1n) is 9.17. The lowest BCUT2D eigenvalue weighted by Gasteiger charge is -2.40. The molecule has 0 aromatic heterocycles. The maximum Gasteiger partial charge on any atom is 0.308 e. The molecule has 0 amide bonds. The highest BCUT2D eigenvalue weighted by atomic mass is 28.4. The van der Waals surface area contributed by atoms with Gasteiger partial charge in [-0.2, -0.15) is 0 Å². The molecule has 5 heteroatoms. The highest BCUT2D eigenvalue weighted by Gasteiger charge is 2.39. The lowest BCUT2D eigenvalue weighted by molar-refractivity contribution is -0.186. The summed E-state index contributed by atoms with van der Waals surface area (Å²) in [5.74, 6) is -0.113. The number of carbonyl (C=O) groups is 1. The Morgan fingerprint density at radius 1 is 1.26 bits per heavy atom. The second-order valence-corrected chi connectivity index (χ2v) is 11.6. The fourth-order valence-electron chi connectivity index (χ4n) is 3.89. The summed E-state index contributed by atoms with van der Waals surface area (Å²) in [5.41, 5.74) is 0. The van der Waals surface area contributed by atoms with E-state index in [4.69, 9.17) is 13.9 Å². The number of ether oxygens (including phenoxy) is 2. The minimum atomic E-state index is -1.63. The van der Waals surface area contributed by atoms with E-state index in [1.807, 2.05) is 6.08 Å². The van der Waals surface area contributed by atoms with Crippen LogP contribution in [0.2, 0.25) is 18.1 Å². The average molecular weight is 341 g/mol. The predicted molar refractivity (Wildman–Crippen MR) is 93.9 cm³/mol. The Kier molecular flexibility index (Phi) is 6.86. The van der Waals surface area contributed by atoms with E-state index < -0.39 is 8.32 Å². The van der Waals surface area contributed by atoms with Crippen LogP contribution in [-0.4, -0.2) is 38.7 Å². The van der Waals surface area contributed by atoms with E-state index in [0.717, 1.165) is 43.8 Å². The van der Waals surface area contributed by atoms with Crippen LogP contribution in [0, 0.1) is 0 Å². The van der Waals surface area contributed by atoms with Gasteiger partial charge in [0.1, 0.15) is 6.10 Å². The Labute approximate surface area is 141 Å². The molecule has 2 aliphatic rings. The number of hydrogen-bond acceptors (Lipinski definition) is 4. The number of carbonyl (C=O) groups excluding carboxylic acids is 1. The van der Waals surface area contributed by atoms with Gasteiger partial charge < -0.3 is 13.9 Å². The van der Waals surface area contributed by atoms with E-state index in [9.17, 15) is 4.79 Å². The van der Waals surface area contributed by atoms with Crippen molar-refractivity contribution in [2.45, 2.75) is 95.4 Å². The fourth-order valence-corrected chi connectivity index (χ4v) is 6.79. The van der Waals surface area contributed by atoms with Crippen molar-refractivity contribution in [3.05, 3.63) is 12.7 Å². The third kappa shape index (κ3) is 4.91. The molecule has 0 radical (unpaired) electrons. The molecular weight excluding hydrogens is 308 g/mol. The molecule has 2 bridgehead atoms. The summed E-state index contributed by atoms with van der Waals surface area (Å²) in [6, 6.07) is 3.46. The van der Waals surface area contributed by atoms with Crippen molar-refractivity contribution >= 4 is 14.3 Å². The first-order chi connectivity index (χ1) is 11.0. The van der Waals surface area contributed by atoms with Gasteiger partial charge >= 0.3 is 5.97 Å². The Hall–Kier alpha value is -0.653. The second-order valence-electron chi connectivity index (χ2n) is 6.91. The highest BCUT2D eigenvalue weighted by molar-refractivity contribution is 6.73.